The Balaban J connectivity index is 2.45. The standard InChI is InChI=1S/C13H15Cl2NO3S/c1-8(13-9(14)3-2-4-10(13)15)5-16-11(17)6-20-7-12(18)19/h2-4,8H,5-7H2,1H3,(H,16,17)(H,18,19). The first kappa shape index (κ1) is 17.1. The summed E-state index contributed by atoms with van der Waals surface area (Å²) in [5, 5.41) is 12.3. The van der Waals surface area contributed by atoms with E-state index in [1.807, 2.05) is 6.92 Å². The minimum atomic E-state index is -0.931. The van der Waals surface area contributed by atoms with Crippen LogP contribution in [-0.4, -0.2) is 35.0 Å². The first-order valence-electron chi connectivity index (χ1n) is 5.92. The quantitative estimate of drug-likeness (QED) is 0.803. The lowest BCUT2D eigenvalue weighted by atomic mass is 10.0. The number of hydrogen-bond acceptors (Lipinski definition) is 3. The Morgan fingerprint density at radius 1 is 1.30 bits per heavy atom. The van der Waals surface area contributed by atoms with Crippen molar-refractivity contribution in [3.8, 4) is 0 Å². The van der Waals surface area contributed by atoms with Gasteiger partial charge in [0, 0.05) is 22.5 Å². The lowest BCUT2D eigenvalue weighted by molar-refractivity contribution is -0.133. The number of amides is 1. The molecular formula is C13H15Cl2NO3S. The van der Waals surface area contributed by atoms with Crippen LogP contribution in [0.4, 0.5) is 0 Å². The van der Waals surface area contributed by atoms with Gasteiger partial charge in [-0.1, -0.05) is 36.2 Å². The first-order chi connectivity index (χ1) is 9.41. The molecule has 7 heteroatoms. The fraction of sp³-hybridized carbons (Fsp3) is 0.385. The summed E-state index contributed by atoms with van der Waals surface area (Å²) in [4.78, 5) is 21.9. The van der Waals surface area contributed by atoms with Gasteiger partial charge in [-0.25, -0.2) is 0 Å². The van der Waals surface area contributed by atoms with E-state index in [2.05, 4.69) is 5.32 Å². The maximum Gasteiger partial charge on any atom is 0.313 e. The highest BCUT2D eigenvalue weighted by atomic mass is 35.5. The lowest BCUT2D eigenvalue weighted by Crippen LogP contribution is -2.29. The van der Waals surface area contributed by atoms with Gasteiger partial charge in [-0.15, -0.1) is 11.8 Å². The molecule has 0 heterocycles. The Hall–Kier alpha value is -0.910. The van der Waals surface area contributed by atoms with Gasteiger partial charge in [0.1, 0.15) is 0 Å². The number of carbonyl (C=O) groups is 2. The van der Waals surface area contributed by atoms with E-state index in [-0.39, 0.29) is 23.3 Å². The molecule has 0 aliphatic carbocycles. The average molecular weight is 336 g/mol. The van der Waals surface area contributed by atoms with E-state index in [4.69, 9.17) is 28.3 Å². The zero-order valence-corrected chi connectivity index (χ0v) is 13.2. The molecular weight excluding hydrogens is 321 g/mol. The van der Waals surface area contributed by atoms with E-state index < -0.39 is 5.97 Å². The zero-order valence-electron chi connectivity index (χ0n) is 10.9. The molecule has 1 rings (SSSR count). The molecule has 0 fully saturated rings. The Morgan fingerprint density at radius 2 is 1.90 bits per heavy atom. The molecule has 0 spiro atoms. The van der Waals surface area contributed by atoms with Crippen molar-refractivity contribution in [3.63, 3.8) is 0 Å². The Kier molecular flexibility index (Phi) is 7.19. The molecule has 0 saturated carbocycles. The molecule has 20 heavy (non-hydrogen) atoms. The monoisotopic (exact) mass is 335 g/mol. The molecule has 110 valence electrons. The van der Waals surface area contributed by atoms with Crippen molar-refractivity contribution in [3.05, 3.63) is 33.8 Å². The highest BCUT2D eigenvalue weighted by molar-refractivity contribution is 8.00. The minimum Gasteiger partial charge on any atom is -0.481 e. The van der Waals surface area contributed by atoms with Crippen LogP contribution in [0, 0.1) is 0 Å². The summed E-state index contributed by atoms with van der Waals surface area (Å²) in [7, 11) is 0. The van der Waals surface area contributed by atoms with Gasteiger partial charge in [-0.2, -0.15) is 0 Å². The fourth-order valence-electron chi connectivity index (χ4n) is 1.63. The summed E-state index contributed by atoms with van der Waals surface area (Å²) in [6.07, 6.45) is 0. The summed E-state index contributed by atoms with van der Waals surface area (Å²) >= 11 is 13.2. The van der Waals surface area contributed by atoms with Crippen LogP contribution in [-0.2, 0) is 9.59 Å². The summed E-state index contributed by atoms with van der Waals surface area (Å²) < 4.78 is 0. The molecule has 0 aromatic heterocycles. The molecule has 1 aromatic carbocycles. The van der Waals surface area contributed by atoms with Crippen molar-refractivity contribution in [2.45, 2.75) is 12.8 Å². The van der Waals surface area contributed by atoms with Gasteiger partial charge < -0.3 is 10.4 Å². The highest BCUT2D eigenvalue weighted by Gasteiger charge is 2.14. The summed E-state index contributed by atoms with van der Waals surface area (Å²) in [5.74, 6) is -1.12. The maximum absolute atomic E-state index is 11.5. The minimum absolute atomic E-state index is 0.0235. The van der Waals surface area contributed by atoms with E-state index in [1.165, 1.54) is 0 Å². The number of thioether (sulfide) groups is 1. The summed E-state index contributed by atoms with van der Waals surface area (Å²) in [6.45, 7) is 2.31. The molecule has 0 aliphatic heterocycles. The second-order valence-corrected chi connectivity index (χ2v) is 6.03. The molecule has 1 aromatic rings. The third-order valence-corrected chi connectivity index (χ3v) is 4.13. The third-order valence-electron chi connectivity index (χ3n) is 2.56. The van der Waals surface area contributed by atoms with Gasteiger partial charge in [0.2, 0.25) is 5.91 Å². The average Bonchev–Trinajstić information content (AvgIpc) is 2.35. The van der Waals surface area contributed by atoms with Crippen molar-refractivity contribution >= 4 is 46.8 Å². The van der Waals surface area contributed by atoms with Crippen LogP contribution in [0.25, 0.3) is 0 Å². The van der Waals surface area contributed by atoms with E-state index in [0.717, 1.165) is 17.3 Å². The molecule has 0 bridgehead atoms. The van der Waals surface area contributed by atoms with Crippen molar-refractivity contribution in [1.29, 1.82) is 0 Å². The van der Waals surface area contributed by atoms with Crippen LogP contribution in [0.15, 0.2) is 18.2 Å². The van der Waals surface area contributed by atoms with Crippen molar-refractivity contribution in [1.82, 2.24) is 5.32 Å². The topological polar surface area (TPSA) is 66.4 Å². The van der Waals surface area contributed by atoms with E-state index in [0.29, 0.717) is 16.6 Å². The molecule has 2 N–H and O–H groups in total. The van der Waals surface area contributed by atoms with Crippen LogP contribution in [0.3, 0.4) is 0 Å². The third kappa shape index (κ3) is 5.61. The number of carboxylic acids is 1. The van der Waals surface area contributed by atoms with Gasteiger partial charge in [0.25, 0.3) is 0 Å². The van der Waals surface area contributed by atoms with Gasteiger partial charge in [0.05, 0.1) is 11.5 Å². The largest absolute Gasteiger partial charge is 0.481 e. The van der Waals surface area contributed by atoms with Crippen LogP contribution in [0.1, 0.15) is 18.4 Å². The van der Waals surface area contributed by atoms with E-state index in [1.54, 1.807) is 18.2 Å². The van der Waals surface area contributed by atoms with Gasteiger partial charge in [-0.3, -0.25) is 9.59 Å². The summed E-state index contributed by atoms with van der Waals surface area (Å²) in [5.41, 5.74) is 0.800. The predicted octanol–water partition coefficient (Wildman–Crippen LogP) is 3.03. The zero-order chi connectivity index (χ0) is 15.1. The van der Waals surface area contributed by atoms with Crippen molar-refractivity contribution in [2.24, 2.45) is 0 Å². The van der Waals surface area contributed by atoms with E-state index in [9.17, 15) is 9.59 Å². The molecule has 1 atom stereocenters. The first-order valence-corrected chi connectivity index (χ1v) is 7.83. The number of carboxylic acid groups (broad SMARTS) is 1. The number of halogens is 2. The van der Waals surface area contributed by atoms with Crippen LogP contribution >= 0.6 is 35.0 Å². The second kappa shape index (κ2) is 8.39. The van der Waals surface area contributed by atoms with Gasteiger partial charge in [0.15, 0.2) is 0 Å². The van der Waals surface area contributed by atoms with Crippen LogP contribution in [0.2, 0.25) is 10.0 Å². The Labute approximate surface area is 131 Å². The van der Waals surface area contributed by atoms with Crippen molar-refractivity contribution < 1.29 is 14.7 Å². The number of nitrogens with one attached hydrogen (secondary N) is 1. The number of hydrogen-bond donors (Lipinski definition) is 2. The van der Waals surface area contributed by atoms with E-state index >= 15 is 0 Å². The van der Waals surface area contributed by atoms with Crippen molar-refractivity contribution in [2.75, 3.05) is 18.1 Å². The van der Waals surface area contributed by atoms with Crippen LogP contribution < -0.4 is 5.32 Å². The number of aliphatic carboxylic acids is 1. The number of carbonyl (C=O) groups excluding carboxylic acids is 1. The normalized spacial score (nSPS) is 11.9. The SMILES string of the molecule is CC(CNC(=O)CSCC(=O)O)c1c(Cl)cccc1Cl. The maximum atomic E-state index is 11.5. The summed E-state index contributed by atoms with van der Waals surface area (Å²) in [6, 6.07) is 5.27. The molecule has 1 amide bonds. The molecule has 0 radical (unpaired) electrons. The second-order valence-electron chi connectivity index (χ2n) is 4.23. The van der Waals surface area contributed by atoms with Gasteiger partial charge >= 0.3 is 5.97 Å². The number of rotatable bonds is 7. The Bertz CT molecular complexity index is 476. The molecule has 1 unspecified atom stereocenters. The van der Waals surface area contributed by atoms with Gasteiger partial charge in [-0.05, 0) is 17.7 Å². The van der Waals surface area contributed by atoms with Crippen LogP contribution in [0.5, 0.6) is 0 Å². The molecule has 0 aliphatic rings. The smallest absolute Gasteiger partial charge is 0.313 e. The Morgan fingerprint density at radius 3 is 2.45 bits per heavy atom. The fourth-order valence-corrected chi connectivity index (χ4v) is 2.97. The lowest BCUT2D eigenvalue weighted by Gasteiger charge is -2.16. The predicted molar refractivity (Wildman–Crippen MR) is 82.8 cm³/mol. The number of benzene rings is 1. The molecule has 4 nitrogen and oxygen atoms in total. The molecule has 0 saturated heterocycles. The highest BCUT2D eigenvalue weighted by Crippen LogP contribution is 2.30.